The molecule has 3 aromatic carbocycles. The van der Waals surface area contributed by atoms with Crippen molar-refractivity contribution in [3.63, 3.8) is 0 Å². The number of nitriles is 1. The third-order valence-corrected chi connectivity index (χ3v) is 7.25. The lowest BCUT2D eigenvalue weighted by Crippen LogP contribution is -2.21. The van der Waals surface area contributed by atoms with Crippen molar-refractivity contribution in [2.45, 2.75) is 52.9 Å². The number of hydrogen-bond donors (Lipinski definition) is 1. The Bertz CT molecular complexity index is 1660. The van der Waals surface area contributed by atoms with Crippen LogP contribution in [0.3, 0.4) is 0 Å². The van der Waals surface area contributed by atoms with E-state index in [1.54, 1.807) is 12.1 Å². The third-order valence-electron chi connectivity index (χ3n) is 7.25. The lowest BCUT2D eigenvalue weighted by atomic mass is 9.81. The standard InChI is InChI=1S/C32H30N2O4/c1-17-13-24-19(3)29(37-26(24)14-18(17)2)31(35)36-22-11-12-23-27(15-22)38-30(34)25(16-33)28(23)20-7-9-21(10-8-20)32(4,5)6/h7-15,28H,34H2,1-6H3. The quantitative estimate of drug-likeness (QED) is 0.235. The molecule has 0 fully saturated rings. The zero-order chi connectivity index (χ0) is 27.4. The van der Waals surface area contributed by atoms with E-state index in [0.717, 1.165) is 33.2 Å². The molecule has 1 aliphatic heterocycles. The van der Waals surface area contributed by atoms with E-state index in [0.29, 0.717) is 16.9 Å². The molecule has 0 spiro atoms. The van der Waals surface area contributed by atoms with E-state index in [-0.39, 0.29) is 22.8 Å². The fourth-order valence-electron chi connectivity index (χ4n) is 4.84. The molecule has 4 aromatic rings. The van der Waals surface area contributed by atoms with Crippen LogP contribution in [0.1, 0.15) is 70.6 Å². The summed E-state index contributed by atoms with van der Waals surface area (Å²) < 4.78 is 17.4. The molecule has 1 aromatic heterocycles. The number of carbonyl (C=O) groups is 1. The van der Waals surface area contributed by atoms with Gasteiger partial charge in [0.2, 0.25) is 11.6 Å². The highest BCUT2D eigenvalue weighted by Gasteiger charge is 2.31. The second-order valence-corrected chi connectivity index (χ2v) is 10.9. The minimum Gasteiger partial charge on any atom is -0.449 e. The highest BCUT2D eigenvalue weighted by molar-refractivity contribution is 5.97. The maximum atomic E-state index is 13.1. The minimum absolute atomic E-state index is 0.00761. The SMILES string of the molecule is Cc1cc2oc(C(=O)Oc3ccc4c(c3)OC(N)=C(C#N)C4c3ccc(C(C)(C)C)cc3)c(C)c2cc1C. The first-order valence-electron chi connectivity index (χ1n) is 12.5. The molecule has 192 valence electrons. The van der Waals surface area contributed by atoms with Gasteiger partial charge in [-0.15, -0.1) is 0 Å². The summed E-state index contributed by atoms with van der Waals surface area (Å²) in [7, 11) is 0. The molecule has 0 aliphatic carbocycles. The van der Waals surface area contributed by atoms with Gasteiger partial charge < -0.3 is 19.6 Å². The Balaban J connectivity index is 1.48. The molecule has 0 amide bonds. The van der Waals surface area contributed by atoms with Gasteiger partial charge in [0.25, 0.3) is 0 Å². The molecule has 1 unspecified atom stereocenters. The number of nitrogens with two attached hydrogens (primary N) is 1. The molecule has 38 heavy (non-hydrogen) atoms. The third kappa shape index (κ3) is 4.31. The number of rotatable bonds is 3. The van der Waals surface area contributed by atoms with Crippen LogP contribution in [-0.4, -0.2) is 5.97 Å². The Kier molecular flexibility index (Phi) is 6.03. The molecule has 6 nitrogen and oxygen atoms in total. The summed E-state index contributed by atoms with van der Waals surface area (Å²) in [6.07, 6.45) is 0. The number of carbonyl (C=O) groups excluding carboxylic acids is 1. The maximum Gasteiger partial charge on any atom is 0.379 e. The smallest absolute Gasteiger partial charge is 0.379 e. The van der Waals surface area contributed by atoms with Crippen LogP contribution in [0, 0.1) is 32.1 Å². The molecule has 1 aliphatic rings. The summed E-state index contributed by atoms with van der Waals surface area (Å²) in [4.78, 5) is 13.1. The van der Waals surface area contributed by atoms with Crippen molar-refractivity contribution < 1.29 is 18.7 Å². The van der Waals surface area contributed by atoms with Gasteiger partial charge in [-0.1, -0.05) is 51.1 Å². The molecule has 6 heteroatoms. The Morgan fingerprint density at radius 2 is 1.68 bits per heavy atom. The zero-order valence-electron chi connectivity index (χ0n) is 22.4. The zero-order valence-corrected chi connectivity index (χ0v) is 22.4. The van der Waals surface area contributed by atoms with Crippen molar-refractivity contribution in [2.75, 3.05) is 0 Å². The van der Waals surface area contributed by atoms with Gasteiger partial charge in [-0.3, -0.25) is 0 Å². The van der Waals surface area contributed by atoms with Crippen molar-refractivity contribution in [3.8, 4) is 17.6 Å². The first-order valence-corrected chi connectivity index (χ1v) is 12.5. The van der Waals surface area contributed by atoms with Crippen LogP contribution < -0.4 is 15.2 Å². The van der Waals surface area contributed by atoms with Crippen molar-refractivity contribution in [2.24, 2.45) is 5.73 Å². The van der Waals surface area contributed by atoms with E-state index in [1.165, 1.54) is 5.56 Å². The number of esters is 1. The summed E-state index contributed by atoms with van der Waals surface area (Å²) in [6, 6.07) is 19.5. The van der Waals surface area contributed by atoms with Crippen LogP contribution in [-0.2, 0) is 5.41 Å². The molecule has 1 atom stereocenters. The molecule has 0 bridgehead atoms. The van der Waals surface area contributed by atoms with E-state index in [1.807, 2.05) is 51.1 Å². The molecule has 2 N–H and O–H groups in total. The van der Waals surface area contributed by atoms with Gasteiger partial charge in [0.15, 0.2) is 0 Å². The number of furan rings is 1. The van der Waals surface area contributed by atoms with Gasteiger partial charge in [-0.2, -0.15) is 5.26 Å². The molecule has 0 saturated heterocycles. The van der Waals surface area contributed by atoms with Crippen LogP contribution in [0.25, 0.3) is 11.0 Å². The van der Waals surface area contributed by atoms with Gasteiger partial charge in [0, 0.05) is 22.6 Å². The summed E-state index contributed by atoms with van der Waals surface area (Å²) in [5, 5.41) is 10.8. The Labute approximate surface area is 222 Å². The Morgan fingerprint density at radius 1 is 1.00 bits per heavy atom. The predicted molar refractivity (Wildman–Crippen MR) is 146 cm³/mol. The maximum absolute atomic E-state index is 13.1. The fourth-order valence-corrected chi connectivity index (χ4v) is 4.84. The van der Waals surface area contributed by atoms with E-state index < -0.39 is 11.9 Å². The number of benzene rings is 3. The molecule has 5 rings (SSSR count). The summed E-state index contributed by atoms with van der Waals surface area (Å²) in [5.41, 5.74) is 13.0. The first kappa shape index (κ1) is 25.2. The van der Waals surface area contributed by atoms with E-state index in [4.69, 9.17) is 19.6 Å². The number of nitrogens with zero attached hydrogens (tertiary/aromatic N) is 1. The summed E-state index contributed by atoms with van der Waals surface area (Å²) in [6.45, 7) is 12.3. The lowest BCUT2D eigenvalue weighted by molar-refractivity contribution is 0.0702. The summed E-state index contributed by atoms with van der Waals surface area (Å²) in [5.74, 6) is -0.0777. The second kappa shape index (κ2) is 9.11. The van der Waals surface area contributed by atoms with Crippen molar-refractivity contribution >= 4 is 16.9 Å². The van der Waals surface area contributed by atoms with Crippen LogP contribution in [0.2, 0.25) is 0 Å². The van der Waals surface area contributed by atoms with Gasteiger partial charge in [-0.25, -0.2) is 4.79 Å². The largest absolute Gasteiger partial charge is 0.449 e. The Morgan fingerprint density at radius 3 is 2.34 bits per heavy atom. The van der Waals surface area contributed by atoms with Crippen LogP contribution in [0.4, 0.5) is 0 Å². The highest BCUT2D eigenvalue weighted by Crippen LogP contribution is 2.44. The average molecular weight is 507 g/mol. The highest BCUT2D eigenvalue weighted by atomic mass is 16.5. The fraction of sp³-hybridized carbons (Fsp3) is 0.250. The predicted octanol–water partition coefficient (Wildman–Crippen LogP) is 7.09. The molecular formula is C32H30N2O4. The number of aryl methyl sites for hydroxylation is 3. The van der Waals surface area contributed by atoms with E-state index >= 15 is 0 Å². The van der Waals surface area contributed by atoms with Crippen molar-refractivity contribution in [1.82, 2.24) is 0 Å². The van der Waals surface area contributed by atoms with E-state index in [9.17, 15) is 10.1 Å². The molecule has 0 saturated carbocycles. The van der Waals surface area contributed by atoms with Gasteiger partial charge >= 0.3 is 5.97 Å². The van der Waals surface area contributed by atoms with Gasteiger partial charge in [-0.05, 0) is 66.6 Å². The van der Waals surface area contributed by atoms with Crippen molar-refractivity contribution in [1.29, 1.82) is 5.26 Å². The van der Waals surface area contributed by atoms with Crippen molar-refractivity contribution in [3.05, 3.63) is 105 Å². The molecule has 0 radical (unpaired) electrons. The van der Waals surface area contributed by atoms with Crippen LogP contribution in [0.15, 0.2) is 70.5 Å². The number of fused-ring (bicyclic) bond motifs is 2. The van der Waals surface area contributed by atoms with E-state index in [2.05, 4.69) is 39.0 Å². The average Bonchev–Trinajstić information content (AvgIpc) is 3.18. The Hall–Kier alpha value is -4.50. The number of allylic oxidation sites excluding steroid dienone is 1. The molecular weight excluding hydrogens is 476 g/mol. The first-order chi connectivity index (χ1) is 18.0. The van der Waals surface area contributed by atoms with Gasteiger partial charge in [0.1, 0.15) is 28.7 Å². The minimum atomic E-state index is -0.597. The second-order valence-electron chi connectivity index (χ2n) is 10.9. The topological polar surface area (TPSA) is 98.5 Å². The number of ether oxygens (including phenoxy) is 2. The monoisotopic (exact) mass is 506 g/mol. The van der Waals surface area contributed by atoms with Crippen LogP contribution in [0.5, 0.6) is 11.5 Å². The van der Waals surface area contributed by atoms with Crippen LogP contribution >= 0.6 is 0 Å². The normalized spacial score (nSPS) is 15.1. The van der Waals surface area contributed by atoms with Gasteiger partial charge in [0.05, 0.1) is 5.92 Å². The summed E-state index contributed by atoms with van der Waals surface area (Å²) >= 11 is 0. The molecule has 2 heterocycles. The lowest BCUT2D eigenvalue weighted by Gasteiger charge is -2.27. The number of hydrogen-bond acceptors (Lipinski definition) is 6.